The average Bonchev–Trinajstić information content (AvgIpc) is 2.46. The minimum atomic E-state index is -1.20. The SMILES string of the molecule is O=C([O-])c1ccc(SSc2ccc(C(=O)[O-])cc2)cc1.[Ca+2]. The molecule has 0 aliphatic heterocycles. The summed E-state index contributed by atoms with van der Waals surface area (Å²) < 4.78 is 0. The predicted molar refractivity (Wildman–Crippen MR) is 79.0 cm³/mol. The van der Waals surface area contributed by atoms with Gasteiger partial charge in [-0.15, -0.1) is 0 Å². The Morgan fingerprint density at radius 2 is 0.952 bits per heavy atom. The Hall–Kier alpha value is -0.660. The van der Waals surface area contributed by atoms with Crippen molar-refractivity contribution in [3.63, 3.8) is 0 Å². The second kappa shape index (κ2) is 8.70. The Bertz CT molecular complexity index is 569. The second-order valence-corrected chi connectivity index (χ2v) is 6.07. The number of carboxylic acid groups (broad SMARTS) is 2. The molecule has 7 heteroatoms. The summed E-state index contributed by atoms with van der Waals surface area (Å²) in [6.07, 6.45) is 0. The second-order valence-electron chi connectivity index (χ2n) is 3.79. The maximum absolute atomic E-state index is 10.6. The van der Waals surface area contributed by atoms with E-state index in [-0.39, 0.29) is 48.9 Å². The van der Waals surface area contributed by atoms with E-state index in [1.54, 1.807) is 24.3 Å². The number of aromatic carboxylic acids is 2. The third kappa shape index (κ3) is 5.56. The maximum atomic E-state index is 10.6. The zero-order valence-corrected chi connectivity index (χ0v) is 14.6. The minimum Gasteiger partial charge on any atom is -0.545 e. The zero-order chi connectivity index (χ0) is 14.5. The fourth-order valence-electron chi connectivity index (χ4n) is 1.39. The van der Waals surface area contributed by atoms with Crippen LogP contribution >= 0.6 is 21.6 Å². The fraction of sp³-hybridized carbons (Fsp3) is 0. The van der Waals surface area contributed by atoms with E-state index in [1.807, 2.05) is 0 Å². The molecule has 0 saturated carbocycles. The van der Waals surface area contributed by atoms with Gasteiger partial charge in [0.2, 0.25) is 0 Å². The van der Waals surface area contributed by atoms with Crippen molar-refractivity contribution in [2.45, 2.75) is 9.79 Å². The van der Waals surface area contributed by atoms with Gasteiger partial charge < -0.3 is 19.8 Å². The van der Waals surface area contributed by atoms with Crippen molar-refractivity contribution in [1.29, 1.82) is 0 Å². The van der Waals surface area contributed by atoms with Crippen LogP contribution in [0.1, 0.15) is 20.7 Å². The van der Waals surface area contributed by atoms with Gasteiger partial charge >= 0.3 is 37.7 Å². The van der Waals surface area contributed by atoms with Gasteiger partial charge in [-0.3, -0.25) is 0 Å². The molecule has 2 aromatic rings. The molecule has 0 atom stereocenters. The molecular formula is C14H8CaO4S2. The first-order valence-electron chi connectivity index (χ1n) is 5.53. The molecule has 0 spiro atoms. The van der Waals surface area contributed by atoms with Gasteiger partial charge in [-0.25, -0.2) is 0 Å². The first kappa shape index (κ1) is 18.4. The van der Waals surface area contributed by atoms with Crippen molar-refractivity contribution in [2.75, 3.05) is 0 Å². The Balaban J connectivity index is 0.00000220. The van der Waals surface area contributed by atoms with E-state index in [0.717, 1.165) is 9.79 Å². The molecule has 0 aliphatic carbocycles. The van der Waals surface area contributed by atoms with Crippen molar-refractivity contribution in [3.8, 4) is 0 Å². The number of hydrogen-bond acceptors (Lipinski definition) is 6. The molecule has 0 saturated heterocycles. The third-order valence-electron chi connectivity index (χ3n) is 2.41. The molecular weight excluding hydrogens is 336 g/mol. The van der Waals surface area contributed by atoms with Crippen LogP contribution in [-0.2, 0) is 0 Å². The first-order valence-corrected chi connectivity index (χ1v) is 7.68. The Morgan fingerprint density at radius 1 is 0.667 bits per heavy atom. The van der Waals surface area contributed by atoms with E-state index in [2.05, 4.69) is 0 Å². The minimum absolute atomic E-state index is 0. The Kier molecular flexibility index (Phi) is 7.62. The molecule has 2 rings (SSSR count). The molecule has 0 fully saturated rings. The number of benzene rings is 2. The van der Waals surface area contributed by atoms with Crippen molar-refractivity contribution in [3.05, 3.63) is 59.7 Å². The van der Waals surface area contributed by atoms with Crippen LogP contribution in [0.4, 0.5) is 0 Å². The number of rotatable bonds is 5. The summed E-state index contributed by atoms with van der Waals surface area (Å²) >= 11 is 0. The smallest absolute Gasteiger partial charge is 0.545 e. The summed E-state index contributed by atoms with van der Waals surface area (Å²) in [5.74, 6) is -2.40. The number of carbonyl (C=O) groups is 2. The van der Waals surface area contributed by atoms with E-state index in [9.17, 15) is 19.8 Å². The van der Waals surface area contributed by atoms with Crippen LogP contribution in [0.5, 0.6) is 0 Å². The molecule has 0 heterocycles. The molecule has 0 unspecified atom stereocenters. The molecule has 102 valence electrons. The van der Waals surface area contributed by atoms with E-state index in [1.165, 1.54) is 45.9 Å². The van der Waals surface area contributed by atoms with Gasteiger partial charge in [0.1, 0.15) is 0 Å². The zero-order valence-electron chi connectivity index (χ0n) is 10.8. The summed E-state index contributed by atoms with van der Waals surface area (Å²) in [5, 5.41) is 21.2. The topological polar surface area (TPSA) is 80.3 Å². The summed E-state index contributed by atoms with van der Waals surface area (Å²) in [6.45, 7) is 0. The Morgan fingerprint density at radius 3 is 1.19 bits per heavy atom. The molecule has 0 radical (unpaired) electrons. The first-order chi connectivity index (χ1) is 9.56. The summed E-state index contributed by atoms with van der Waals surface area (Å²) in [6, 6.07) is 12.7. The summed E-state index contributed by atoms with van der Waals surface area (Å²) in [7, 11) is 2.90. The van der Waals surface area contributed by atoms with Crippen LogP contribution < -0.4 is 10.2 Å². The molecule has 2 aromatic carbocycles. The van der Waals surface area contributed by atoms with E-state index in [4.69, 9.17) is 0 Å². The van der Waals surface area contributed by atoms with Crippen LogP contribution in [0.2, 0.25) is 0 Å². The molecule has 21 heavy (non-hydrogen) atoms. The molecule has 0 aliphatic rings. The van der Waals surface area contributed by atoms with Gasteiger partial charge in [-0.05, 0) is 35.4 Å². The van der Waals surface area contributed by atoms with Gasteiger partial charge in [0.15, 0.2) is 0 Å². The predicted octanol–water partition coefficient (Wildman–Crippen LogP) is 0.832. The van der Waals surface area contributed by atoms with E-state index < -0.39 is 11.9 Å². The van der Waals surface area contributed by atoms with Gasteiger partial charge in [-0.2, -0.15) is 0 Å². The average molecular weight is 344 g/mol. The van der Waals surface area contributed by atoms with E-state index >= 15 is 0 Å². The molecule has 0 N–H and O–H groups in total. The van der Waals surface area contributed by atoms with Crippen molar-refractivity contribution in [1.82, 2.24) is 0 Å². The quantitative estimate of drug-likeness (QED) is 0.590. The fourth-order valence-corrected chi connectivity index (χ4v) is 3.32. The normalized spacial score (nSPS) is 9.71. The molecule has 0 amide bonds. The molecule has 0 aromatic heterocycles. The number of carboxylic acids is 2. The van der Waals surface area contributed by atoms with Gasteiger partial charge in [0.05, 0.1) is 11.9 Å². The molecule has 4 nitrogen and oxygen atoms in total. The van der Waals surface area contributed by atoms with Crippen LogP contribution in [-0.4, -0.2) is 49.7 Å². The van der Waals surface area contributed by atoms with Gasteiger partial charge in [-0.1, -0.05) is 45.9 Å². The third-order valence-corrected chi connectivity index (χ3v) is 4.83. The standard InChI is InChI=1S/C14H10O4S2.Ca/c15-13(16)9-1-5-11(6-2-9)19-20-12-7-3-10(4-8-12)14(17)18;/h1-8H,(H,15,16)(H,17,18);/q;+2/p-2. The van der Waals surface area contributed by atoms with Crippen LogP contribution in [0.25, 0.3) is 0 Å². The molecule has 0 bridgehead atoms. The summed E-state index contributed by atoms with van der Waals surface area (Å²) in [5.41, 5.74) is 0.273. The number of hydrogen-bond donors (Lipinski definition) is 0. The van der Waals surface area contributed by atoms with Crippen LogP contribution in [0.15, 0.2) is 58.3 Å². The van der Waals surface area contributed by atoms with Crippen LogP contribution in [0.3, 0.4) is 0 Å². The summed E-state index contributed by atoms with van der Waals surface area (Å²) in [4.78, 5) is 23.0. The largest absolute Gasteiger partial charge is 2.00 e. The van der Waals surface area contributed by atoms with Crippen LogP contribution in [0, 0.1) is 0 Å². The Labute approximate surface area is 159 Å². The van der Waals surface area contributed by atoms with Gasteiger partial charge in [0.25, 0.3) is 0 Å². The van der Waals surface area contributed by atoms with E-state index in [0.29, 0.717) is 0 Å². The van der Waals surface area contributed by atoms with Crippen molar-refractivity contribution >= 4 is 71.3 Å². The van der Waals surface area contributed by atoms with Crippen molar-refractivity contribution < 1.29 is 19.8 Å². The number of carbonyl (C=O) groups excluding carboxylic acids is 2. The van der Waals surface area contributed by atoms with Gasteiger partial charge in [0, 0.05) is 9.79 Å². The van der Waals surface area contributed by atoms with Crippen molar-refractivity contribution in [2.24, 2.45) is 0 Å². The maximum Gasteiger partial charge on any atom is 2.00 e. The monoisotopic (exact) mass is 344 g/mol.